The van der Waals surface area contributed by atoms with Crippen molar-refractivity contribution >= 4 is 63.4 Å². The molecule has 0 unspecified atom stereocenters. The Morgan fingerprint density at radius 3 is 2.73 bits per heavy atom. The highest BCUT2D eigenvalue weighted by atomic mass is 35.5. The summed E-state index contributed by atoms with van der Waals surface area (Å²) >= 11 is 19.6. The monoisotopic (exact) mass is 482 g/mol. The Morgan fingerprint density at radius 1 is 1.23 bits per heavy atom. The molecule has 0 atom stereocenters. The number of nitrogens with one attached hydrogen (secondary N) is 1. The van der Waals surface area contributed by atoms with Crippen molar-refractivity contribution in [2.45, 2.75) is 20.0 Å². The van der Waals surface area contributed by atoms with Crippen molar-refractivity contribution in [3.8, 4) is 5.75 Å². The van der Waals surface area contributed by atoms with Crippen molar-refractivity contribution in [1.82, 2.24) is 10.4 Å². The quantitative estimate of drug-likeness (QED) is 0.260. The molecule has 0 aliphatic rings. The van der Waals surface area contributed by atoms with Crippen LogP contribution in [0.2, 0.25) is 15.1 Å². The molecule has 0 saturated heterocycles. The zero-order valence-corrected chi connectivity index (χ0v) is 18.9. The Bertz CT molecular complexity index is 1100. The van der Waals surface area contributed by atoms with Crippen molar-refractivity contribution in [1.29, 1.82) is 0 Å². The van der Waals surface area contributed by atoms with Crippen LogP contribution in [0.4, 0.5) is 5.13 Å². The molecule has 0 radical (unpaired) electrons. The van der Waals surface area contributed by atoms with Crippen molar-refractivity contribution in [2.24, 2.45) is 5.10 Å². The van der Waals surface area contributed by atoms with Gasteiger partial charge in [-0.15, -0.1) is 0 Å². The Morgan fingerprint density at radius 2 is 1.97 bits per heavy atom. The number of anilines is 1. The molecule has 10 heteroatoms. The minimum absolute atomic E-state index is 0.120. The SMILES string of the molecule is CCc1nc(N)sc1C(=O)NN=Cc1ccccc1OCc1c(Cl)ccc(Cl)c1Cl. The molecule has 3 rings (SSSR count). The number of carbonyl (C=O) groups is 1. The van der Waals surface area contributed by atoms with E-state index in [1.807, 2.05) is 19.1 Å². The number of thiazole rings is 1. The molecular formula is C20H17Cl3N4O2S. The van der Waals surface area contributed by atoms with Gasteiger partial charge in [0.25, 0.3) is 5.91 Å². The first-order valence-electron chi connectivity index (χ1n) is 8.83. The molecule has 6 nitrogen and oxygen atoms in total. The number of hydrogen-bond donors (Lipinski definition) is 2. The smallest absolute Gasteiger partial charge is 0.283 e. The Labute approximate surface area is 192 Å². The summed E-state index contributed by atoms with van der Waals surface area (Å²) in [5.41, 5.74) is 10.1. The maximum Gasteiger partial charge on any atom is 0.283 e. The fourth-order valence-corrected chi connectivity index (χ4v) is 4.04. The first-order chi connectivity index (χ1) is 14.4. The number of benzene rings is 2. The van der Waals surface area contributed by atoms with Gasteiger partial charge < -0.3 is 10.5 Å². The summed E-state index contributed by atoms with van der Waals surface area (Å²) in [5, 5.41) is 5.57. The average molecular weight is 484 g/mol. The standard InChI is InChI=1S/C20H17Cl3N4O2S/c1-2-15-18(30-20(24)26-15)19(28)27-25-9-11-5-3-4-6-16(11)29-10-12-13(21)7-8-14(22)17(12)23/h3-9H,2,10H2,1H3,(H2,24,26)(H,27,28). The summed E-state index contributed by atoms with van der Waals surface area (Å²) in [7, 11) is 0. The van der Waals surface area contributed by atoms with E-state index >= 15 is 0 Å². The van der Waals surface area contributed by atoms with E-state index in [0.717, 1.165) is 11.3 Å². The molecule has 0 spiro atoms. The van der Waals surface area contributed by atoms with Gasteiger partial charge in [0, 0.05) is 16.1 Å². The predicted molar refractivity (Wildman–Crippen MR) is 123 cm³/mol. The maximum atomic E-state index is 12.3. The summed E-state index contributed by atoms with van der Waals surface area (Å²) in [5.74, 6) is 0.173. The average Bonchev–Trinajstić information content (AvgIpc) is 3.12. The van der Waals surface area contributed by atoms with Crippen molar-refractivity contribution in [3.63, 3.8) is 0 Å². The van der Waals surface area contributed by atoms with E-state index in [2.05, 4.69) is 15.5 Å². The molecule has 0 bridgehead atoms. The number of para-hydroxylation sites is 1. The highest BCUT2D eigenvalue weighted by Gasteiger charge is 2.15. The Hall–Kier alpha value is -2.32. The van der Waals surface area contributed by atoms with Gasteiger partial charge in [-0.1, -0.05) is 65.2 Å². The lowest BCUT2D eigenvalue weighted by molar-refractivity contribution is 0.0958. The molecule has 2 aromatic carbocycles. The van der Waals surface area contributed by atoms with E-state index in [9.17, 15) is 4.79 Å². The summed E-state index contributed by atoms with van der Waals surface area (Å²) in [6, 6.07) is 10.5. The van der Waals surface area contributed by atoms with Gasteiger partial charge in [0.05, 0.1) is 22.0 Å². The summed E-state index contributed by atoms with van der Waals surface area (Å²) in [6.07, 6.45) is 2.09. The van der Waals surface area contributed by atoms with Gasteiger partial charge in [0.1, 0.15) is 17.2 Å². The number of amides is 1. The number of aromatic nitrogens is 1. The molecule has 1 heterocycles. The second-order valence-electron chi connectivity index (χ2n) is 6.03. The van der Waals surface area contributed by atoms with Crippen LogP contribution in [0.15, 0.2) is 41.5 Å². The second-order valence-corrected chi connectivity index (χ2v) is 8.25. The van der Waals surface area contributed by atoms with Gasteiger partial charge in [-0.25, -0.2) is 10.4 Å². The Balaban J connectivity index is 1.71. The molecular weight excluding hydrogens is 467 g/mol. The van der Waals surface area contributed by atoms with Gasteiger partial charge in [-0.2, -0.15) is 5.10 Å². The fourth-order valence-electron chi connectivity index (χ4n) is 2.57. The number of nitrogen functional groups attached to an aromatic ring is 1. The number of halogens is 3. The highest BCUT2D eigenvalue weighted by Crippen LogP contribution is 2.32. The Kier molecular flexibility index (Phi) is 7.55. The third-order valence-corrected chi connectivity index (χ3v) is 6.18. The number of carbonyl (C=O) groups excluding carboxylic acids is 1. The van der Waals surface area contributed by atoms with E-state index < -0.39 is 0 Å². The van der Waals surface area contributed by atoms with Crippen LogP contribution >= 0.6 is 46.1 Å². The maximum absolute atomic E-state index is 12.3. The number of nitrogens with two attached hydrogens (primary N) is 1. The molecule has 1 amide bonds. The number of aryl methyl sites for hydroxylation is 1. The van der Waals surface area contributed by atoms with Gasteiger partial charge in [0.15, 0.2) is 5.13 Å². The minimum atomic E-state index is -0.367. The van der Waals surface area contributed by atoms with Crippen LogP contribution < -0.4 is 15.9 Å². The normalized spacial score (nSPS) is 11.1. The van der Waals surface area contributed by atoms with E-state index in [1.165, 1.54) is 6.21 Å². The lowest BCUT2D eigenvalue weighted by atomic mass is 10.2. The summed E-state index contributed by atoms with van der Waals surface area (Å²) in [4.78, 5) is 16.9. The molecule has 0 saturated carbocycles. The van der Waals surface area contributed by atoms with Gasteiger partial charge in [0.2, 0.25) is 0 Å². The minimum Gasteiger partial charge on any atom is -0.488 e. The van der Waals surface area contributed by atoms with E-state index in [1.54, 1.807) is 24.3 Å². The largest absolute Gasteiger partial charge is 0.488 e. The fraction of sp³-hybridized carbons (Fsp3) is 0.150. The van der Waals surface area contributed by atoms with Crippen LogP contribution in [-0.4, -0.2) is 17.1 Å². The predicted octanol–water partition coefficient (Wildman–Crippen LogP) is 5.59. The van der Waals surface area contributed by atoms with Gasteiger partial charge >= 0.3 is 0 Å². The molecule has 3 N–H and O–H groups in total. The summed E-state index contributed by atoms with van der Waals surface area (Å²) in [6.45, 7) is 2.02. The van der Waals surface area contributed by atoms with E-state index in [0.29, 0.717) is 54.1 Å². The van der Waals surface area contributed by atoms with Crippen LogP contribution in [0.25, 0.3) is 0 Å². The van der Waals surface area contributed by atoms with E-state index in [-0.39, 0.29) is 12.5 Å². The van der Waals surface area contributed by atoms with Crippen molar-refractivity contribution in [2.75, 3.05) is 5.73 Å². The van der Waals surface area contributed by atoms with Gasteiger partial charge in [-0.3, -0.25) is 4.79 Å². The first kappa shape index (κ1) is 22.4. The van der Waals surface area contributed by atoms with E-state index in [4.69, 9.17) is 45.3 Å². The lowest BCUT2D eigenvalue weighted by Crippen LogP contribution is -2.17. The molecule has 30 heavy (non-hydrogen) atoms. The first-order valence-corrected chi connectivity index (χ1v) is 10.8. The molecule has 0 aliphatic carbocycles. The number of ether oxygens (including phenoxy) is 1. The number of hydrazone groups is 1. The van der Waals surface area contributed by atoms with Gasteiger partial charge in [-0.05, 0) is 30.7 Å². The summed E-state index contributed by atoms with van der Waals surface area (Å²) < 4.78 is 5.87. The van der Waals surface area contributed by atoms with Crippen molar-refractivity contribution < 1.29 is 9.53 Å². The number of nitrogens with zero attached hydrogens (tertiary/aromatic N) is 2. The highest BCUT2D eigenvalue weighted by molar-refractivity contribution is 7.17. The number of rotatable bonds is 7. The lowest BCUT2D eigenvalue weighted by Gasteiger charge is -2.12. The van der Waals surface area contributed by atoms with Crippen LogP contribution in [0.3, 0.4) is 0 Å². The zero-order chi connectivity index (χ0) is 21.7. The molecule has 3 aromatic rings. The molecule has 1 aromatic heterocycles. The van der Waals surface area contributed by atoms with Crippen LogP contribution in [0, 0.1) is 0 Å². The molecule has 156 valence electrons. The molecule has 0 fully saturated rings. The second kappa shape index (κ2) is 10.1. The topological polar surface area (TPSA) is 89.6 Å². The molecule has 0 aliphatic heterocycles. The zero-order valence-electron chi connectivity index (χ0n) is 15.8. The third kappa shape index (κ3) is 5.23. The van der Waals surface area contributed by atoms with Crippen LogP contribution in [-0.2, 0) is 13.0 Å². The third-order valence-electron chi connectivity index (χ3n) is 4.05. The number of hydrogen-bond acceptors (Lipinski definition) is 6. The van der Waals surface area contributed by atoms with Crippen LogP contribution in [0.5, 0.6) is 5.75 Å². The van der Waals surface area contributed by atoms with Crippen LogP contribution in [0.1, 0.15) is 33.4 Å². The van der Waals surface area contributed by atoms with Crippen molar-refractivity contribution in [3.05, 3.63) is 73.2 Å².